The van der Waals surface area contributed by atoms with E-state index >= 15 is 0 Å². The third-order valence-corrected chi connectivity index (χ3v) is 4.18. The van der Waals surface area contributed by atoms with Crippen LogP contribution in [0.1, 0.15) is 44.6 Å². The zero-order valence-corrected chi connectivity index (χ0v) is 12.5. The molecule has 1 atom stereocenters. The van der Waals surface area contributed by atoms with Crippen LogP contribution < -0.4 is 4.72 Å². The van der Waals surface area contributed by atoms with Crippen molar-refractivity contribution in [3.63, 3.8) is 0 Å². The van der Waals surface area contributed by atoms with E-state index in [0.29, 0.717) is 5.82 Å². The number of sulfonamides is 1. The van der Waals surface area contributed by atoms with Crippen molar-refractivity contribution in [2.75, 3.05) is 0 Å². The van der Waals surface area contributed by atoms with Crippen molar-refractivity contribution in [3.8, 4) is 0 Å². The Kier molecular flexibility index (Phi) is 3.91. The van der Waals surface area contributed by atoms with Crippen LogP contribution in [0.3, 0.4) is 0 Å². The molecule has 1 N–H and O–H groups in total. The fourth-order valence-electron chi connectivity index (χ4n) is 1.74. The second-order valence-corrected chi connectivity index (χ2v) is 6.39. The van der Waals surface area contributed by atoms with Crippen LogP contribution in [0.15, 0.2) is 21.8 Å². The Hall–Kier alpha value is -1.74. The van der Waals surface area contributed by atoms with Crippen LogP contribution >= 0.6 is 0 Å². The van der Waals surface area contributed by atoms with Crippen molar-refractivity contribution in [1.29, 1.82) is 0 Å². The summed E-state index contributed by atoms with van der Waals surface area (Å²) in [5.74, 6) is 0.681. The molecule has 0 radical (unpaired) electrons. The lowest BCUT2D eigenvalue weighted by molar-refractivity contribution is 0.350. The average molecular weight is 299 g/mol. The van der Waals surface area contributed by atoms with Gasteiger partial charge in [-0.05, 0) is 33.8 Å². The smallest absolute Gasteiger partial charge is 0.258 e. The zero-order chi connectivity index (χ0) is 14.9. The molecule has 0 aliphatic carbocycles. The van der Waals surface area contributed by atoms with Gasteiger partial charge in [-0.1, -0.05) is 5.16 Å². The van der Waals surface area contributed by atoms with Gasteiger partial charge in [0, 0.05) is 6.04 Å². The zero-order valence-electron chi connectivity index (χ0n) is 11.7. The summed E-state index contributed by atoms with van der Waals surface area (Å²) in [6.07, 6.45) is 1.45. The molecule has 2 rings (SSSR count). The van der Waals surface area contributed by atoms with E-state index in [1.807, 2.05) is 13.8 Å². The SMILES string of the molecule is Cc1noc([C@H](C)NS(=O)(=O)c2ccnn2C(C)C)n1. The number of aryl methyl sites for hydroxylation is 1. The second kappa shape index (κ2) is 5.33. The van der Waals surface area contributed by atoms with Gasteiger partial charge in [0.1, 0.15) is 0 Å². The van der Waals surface area contributed by atoms with Crippen LogP contribution in [0.4, 0.5) is 0 Å². The van der Waals surface area contributed by atoms with Crippen LogP contribution in [-0.2, 0) is 10.0 Å². The van der Waals surface area contributed by atoms with E-state index in [-0.39, 0.29) is 17.0 Å². The number of aromatic nitrogens is 4. The highest BCUT2D eigenvalue weighted by Gasteiger charge is 2.25. The van der Waals surface area contributed by atoms with Crippen molar-refractivity contribution in [2.45, 2.75) is 44.8 Å². The van der Waals surface area contributed by atoms with E-state index < -0.39 is 16.1 Å². The Balaban J connectivity index is 2.25. The van der Waals surface area contributed by atoms with Crippen LogP contribution in [0.5, 0.6) is 0 Å². The highest BCUT2D eigenvalue weighted by atomic mass is 32.2. The molecular formula is C11H17N5O3S. The molecule has 20 heavy (non-hydrogen) atoms. The first-order valence-electron chi connectivity index (χ1n) is 6.17. The summed E-state index contributed by atoms with van der Waals surface area (Å²) in [7, 11) is -3.71. The maximum atomic E-state index is 12.3. The van der Waals surface area contributed by atoms with Crippen molar-refractivity contribution in [3.05, 3.63) is 24.0 Å². The number of nitrogens with zero attached hydrogens (tertiary/aromatic N) is 4. The minimum absolute atomic E-state index is 0.0578. The van der Waals surface area contributed by atoms with Gasteiger partial charge in [-0.2, -0.15) is 14.8 Å². The number of hydrogen-bond acceptors (Lipinski definition) is 6. The largest absolute Gasteiger partial charge is 0.338 e. The minimum Gasteiger partial charge on any atom is -0.338 e. The molecule has 0 unspecified atom stereocenters. The fraction of sp³-hybridized carbons (Fsp3) is 0.545. The molecule has 110 valence electrons. The van der Waals surface area contributed by atoms with Crippen LogP contribution in [0.25, 0.3) is 0 Å². The molecule has 0 fully saturated rings. The number of nitrogens with one attached hydrogen (secondary N) is 1. The molecule has 0 aliphatic rings. The summed E-state index contributed by atoms with van der Waals surface area (Å²) in [6, 6.07) is 0.781. The van der Waals surface area contributed by atoms with E-state index in [1.165, 1.54) is 16.9 Å². The molecule has 0 spiro atoms. The lowest BCUT2D eigenvalue weighted by Crippen LogP contribution is -2.29. The quantitative estimate of drug-likeness (QED) is 0.889. The minimum atomic E-state index is -3.71. The van der Waals surface area contributed by atoms with Gasteiger partial charge in [0.15, 0.2) is 10.9 Å². The lowest BCUT2D eigenvalue weighted by atomic mass is 10.4. The van der Waals surface area contributed by atoms with Gasteiger partial charge >= 0.3 is 0 Å². The first-order valence-corrected chi connectivity index (χ1v) is 7.65. The van der Waals surface area contributed by atoms with Gasteiger partial charge in [0.2, 0.25) is 5.89 Å². The first kappa shape index (κ1) is 14.7. The summed E-state index contributed by atoms with van der Waals surface area (Å²) in [4.78, 5) is 4.01. The predicted octanol–water partition coefficient (Wildman–Crippen LogP) is 1.19. The van der Waals surface area contributed by atoms with E-state index in [9.17, 15) is 8.42 Å². The summed E-state index contributed by atoms with van der Waals surface area (Å²) in [5, 5.41) is 7.76. The third-order valence-electron chi connectivity index (χ3n) is 2.64. The Bertz CT molecular complexity index is 688. The van der Waals surface area contributed by atoms with E-state index in [2.05, 4.69) is 20.0 Å². The van der Waals surface area contributed by atoms with Crippen molar-refractivity contribution in [2.24, 2.45) is 0 Å². The van der Waals surface area contributed by atoms with Crippen LogP contribution in [-0.4, -0.2) is 28.3 Å². The second-order valence-electron chi connectivity index (χ2n) is 4.73. The molecule has 0 amide bonds. The summed E-state index contributed by atoms with van der Waals surface area (Å²) in [6.45, 7) is 7.02. The Labute approximate surface area is 117 Å². The summed E-state index contributed by atoms with van der Waals surface area (Å²) < 4.78 is 33.6. The third kappa shape index (κ3) is 2.88. The average Bonchev–Trinajstić information content (AvgIpc) is 2.96. The van der Waals surface area contributed by atoms with Gasteiger partial charge in [0.05, 0.1) is 12.2 Å². The van der Waals surface area contributed by atoms with Crippen molar-refractivity contribution in [1.82, 2.24) is 24.6 Å². The molecule has 0 aliphatic heterocycles. The highest BCUT2D eigenvalue weighted by molar-refractivity contribution is 7.89. The van der Waals surface area contributed by atoms with Gasteiger partial charge in [0.25, 0.3) is 10.0 Å². The van der Waals surface area contributed by atoms with E-state index in [0.717, 1.165) is 0 Å². The molecule has 9 heteroatoms. The van der Waals surface area contributed by atoms with Gasteiger partial charge in [-0.3, -0.25) is 4.68 Å². The predicted molar refractivity (Wildman–Crippen MR) is 70.4 cm³/mol. The van der Waals surface area contributed by atoms with Crippen LogP contribution in [0, 0.1) is 6.92 Å². The normalized spacial score (nSPS) is 13.8. The van der Waals surface area contributed by atoms with E-state index in [1.54, 1.807) is 13.8 Å². The molecule has 2 heterocycles. The Morgan fingerprint density at radius 1 is 1.35 bits per heavy atom. The molecular weight excluding hydrogens is 282 g/mol. The summed E-state index contributed by atoms with van der Waals surface area (Å²) in [5.41, 5.74) is 0. The Morgan fingerprint density at radius 2 is 2.05 bits per heavy atom. The van der Waals surface area contributed by atoms with Crippen molar-refractivity contribution >= 4 is 10.0 Å². The van der Waals surface area contributed by atoms with Gasteiger partial charge in [-0.15, -0.1) is 0 Å². The maximum Gasteiger partial charge on any atom is 0.258 e. The summed E-state index contributed by atoms with van der Waals surface area (Å²) >= 11 is 0. The molecule has 2 aromatic rings. The lowest BCUT2D eigenvalue weighted by Gasteiger charge is -2.14. The van der Waals surface area contributed by atoms with Gasteiger partial charge in [-0.25, -0.2) is 8.42 Å². The molecule has 2 aromatic heterocycles. The molecule has 0 bridgehead atoms. The van der Waals surface area contributed by atoms with Crippen molar-refractivity contribution < 1.29 is 12.9 Å². The maximum absolute atomic E-state index is 12.3. The monoisotopic (exact) mass is 299 g/mol. The van der Waals surface area contributed by atoms with Crippen LogP contribution in [0.2, 0.25) is 0 Å². The molecule has 8 nitrogen and oxygen atoms in total. The number of hydrogen-bond donors (Lipinski definition) is 1. The Morgan fingerprint density at radius 3 is 2.60 bits per heavy atom. The van der Waals surface area contributed by atoms with E-state index in [4.69, 9.17) is 4.52 Å². The molecule has 0 aromatic carbocycles. The standard InChI is InChI=1S/C11H17N5O3S/c1-7(2)16-10(5-6-12-16)20(17,18)15-8(3)11-13-9(4)14-19-11/h5-8,15H,1-4H3/t8-/m0/s1. The number of rotatable bonds is 5. The van der Waals surface area contributed by atoms with Gasteiger partial charge < -0.3 is 4.52 Å². The molecule has 0 saturated heterocycles. The highest BCUT2D eigenvalue weighted by Crippen LogP contribution is 2.17. The molecule has 0 saturated carbocycles. The first-order chi connectivity index (χ1) is 9.31. The topological polar surface area (TPSA) is 103 Å². The fourth-order valence-corrected chi connectivity index (χ4v) is 3.17.